The van der Waals surface area contributed by atoms with Crippen LogP contribution in [0.25, 0.3) is 0 Å². The molecule has 29 heavy (non-hydrogen) atoms. The topological polar surface area (TPSA) is 99.1 Å². The van der Waals surface area contributed by atoms with Crippen molar-refractivity contribution < 1.29 is 34.0 Å². The van der Waals surface area contributed by atoms with Crippen molar-refractivity contribution >= 4 is 17.7 Å². The van der Waals surface area contributed by atoms with Crippen molar-refractivity contribution in [2.24, 2.45) is 11.3 Å². The summed E-state index contributed by atoms with van der Waals surface area (Å²) in [6.07, 6.45) is 4.04. The molecule has 0 saturated heterocycles. The molecule has 0 unspecified atom stereocenters. The second kappa shape index (κ2) is 8.03. The van der Waals surface area contributed by atoms with Gasteiger partial charge in [0.1, 0.15) is 11.7 Å². The Morgan fingerprint density at radius 1 is 1.28 bits per heavy atom. The lowest BCUT2D eigenvalue weighted by Crippen LogP contribution is -2.61. The predicted molar refractivity (Wildman–Crippen MR) is 106 cm³/mol. The highest BCUT2D eigenvalue weighted by molar-refractivity contribution is 5.98. The van der Waals surface area contributed by atoms with E-state index in [2.05, 4.69) is 4.89 Å². The highest BCUT2D eigenvalue weighted by atomic mass is 17.1. The molecule has 0 spiro atoms. The van der Waals surface area contributed by atoms with Gasteiger partial charge in [-0.15, -0.1) is 0 Å². The lowest BCUT2D eigenvalue weighted by molar-refractivity contribution is -0.300. The molecule has 0 radical (unpaired) electrons. The molecule has 7 heteroatoms. The van der Waals surface area contributed by atoms with Crippen molar-refractivity contribution in [3.05, 3.63) is 23.3 Å². The Balaban J connectivity index is 2.56. The van der Waals surface area contributed by atoms with Gasteiger partial charge in [0.25, 0.3) is 0 Å². The van der Waals surface area contributed by atoms with Crippen LogP contribution in [-0.4, -0.2) is 40.3 Å². The third-order valence-corrected chi connectivity index (χ3v) is 6.43. The number of carbonyl (C=O) groups is 3. The molecule has 0 aromatic heterocycles. The maximum absolute atomic E-state index is 12.8. The van der Waals surface area contributed by atoms with Crippen LogP contribution in [0.5, 0.6) is 0 Å². The monoisotopic (exact) mass is 408 g/mol. The van der Waals surface area contributed by atoms with E-state index in [1.807, 2.05) is 6.92 Å². The lowest BCUT2D eigenvalue weighted by atomic mass is 9.54. The lowest BCUT2D eigenvalue weighted by Gasteiger charge is -2.55. The Morgan fingerprint density at radius 2 is 1.90 bits per heavy atom. The Hall–Kier alpha value is -1.99. The van der Waals surface area contributed by atoms with Gasteiger partial charge >= 0.3 is 11.9 Å². The van der Waals surface area contributed by atoms with Crippen LogP contribution in [0.4, 0.5) is 0 Å². The van der Waals surface area contributed by atoms with Gasteiger partial charge < -0.3 is 9.47 Å². The van der Waals surface area contributed by atoms with Gasteiger partial charge in [0.05, 0.1) is 0 Å². The predicted octanol–water partition coefficient (Wildman–Crippen LogP) is 3.77. The molecule has 4 atom stereocenters. The van der Waals surface area contributed by atoms with E-state index < -0.39 is 40.6 Å². The smallest absolute Gasteiger partial charge is 0.333 e. The summed E-state index contributed by atoms with van der Waals surface area (Å²) in [5.41, 5.74) is -2.07. The first-order valence-corrected chi connectivity index (χ1v) is 9.92. The van der Waals surface area contributed by atoms with E-state index in [0.717, 1.165) is 0 Å². The maximum atomic E-state index is 12.8. The molecule has 7 nitrogen and oxygen atoms in total. The quantitative estimate of drug-likeness (QED) is 0.320. The fourth-order valence-corrected chi connectivity index (χ4v) is 4.62. The number of carbonyl (C=O) groups excluding carboxylic acids is 3. The number of allylic oxidation sites excluding steroid dienone is 1. The molecule has 1 saturated carbocycles. The Morgan fingerprint density at radius 3 is 2.41 bits per heavy atom. The van der Waals surface area contributed by atoms with Crippen molar-refractivity contribution in [1.29, 1.82) is 0 Å². The molecule has 0 heterocycles. The van der Waals surface area contributed by atoms with Crippen LogP contribution < -0.4 is 0 Å². The third kappa shape index (κ3) is 4.31. The van der Waals surface area contributed by atoms with E-state index in [4.69, 9.17) is 9.47 Å². The summed E-state index contributed by atoms with van der Waals surface area (Å²) in [6, 6.07) is 0. The standard InChI is InChI=1S/C22H32O7/c1-8-13(2)19(25)27-18-9-10-21(6)12-16(24)15(20(4,5)29-26)11-17(21)22(18,7)28-14(3)23/h8,11,17-18,26H,9-10,12H2,1-7H3/b13-8-/t17-,18-,21-,22+/m1/s1. The van der Waals surface area contributed by atoms with Gasteiger partial charge in [-0.25, -0.2) is 9.68 Å². The van der Waals surface area contributed by atoms with E-state index in [1.165, 1.54) is 6.92 Å². The van der Waals surface area contributed by atoms with E-state index in [1.54, 1.807) is 46.8 Å². The number of Topliss-reactive ketones (excluding diaryl/α,β-unsaturated/α-hetero) is 1. The third-order valence-electron chi connectivity index (χ3n) is 6.43. The number of ether oxygens (including phenoxy) is 2. The van der Waals surface area contributed by atoms with Crippen LogP contribution in [0.3, 0.4) is 0 Å². The van der Waals surface area contributed by atoms with Crippen LogP contribution in [0.1, 0.15) is 67.7 Å². The molecule has 0 amide bonds. The molecule has 0 aromatic rings. The van der Waals surface area contributed by atoms with Crippen molar-refractivity contribution in [1.82, 2.24) is 0 Å². The Kier molecular flexibility index (Phi) is 6.45. The average Bonchev–Trinajstić information content (AvgIpc) is 2.62. The van der Waals surface area contributed by atoms with Gasteiger partial charge in [-0.1, -0.05) is 19.1 Å². The highest BCUT2D eigenvalue weighted by Gasteiger charge is 2.59. The zero-order valence-corrected chi connectivity index (χ0v) is 18.3. The van der Waals surface area contributed by atoms with E-state index in [0.29, 0.717) is 24.0 Å². The van der Waals surface area contributed by atoms with Crippen LogP contribution in [0.15, 0.2) is 23.3 Å². The zero-order valence-electron chi connectivity index (χ0n) is 18.3. The van der Waals surface area contributed by atoms with Gasteiger partial charge in [0.15, 0.2) is 11.4 Å². The first kappa shape index (κ1) is 23.3. The molecule has 1 N–H and O–H groups in total. The fraction of sp³-hybridized carbons (Fsp3) is 0.682. The van der Waals surface area contributed by atoms with Crippen molar-refractivity contribution in [3.8, 4) is 0 Å². The molecule has 0 aliphatic heterocycles. The molecule has 0 aromatic carbocycles. The van der Waals surface area contributed by atoms with Crippen LogP contribution in [-0.2, 0) is 28.7 Å². The van der Waals surface area contributed by atoms with E-state index in [9.17, 15) is 19.6 Å². The highest BCUT2D eigenvalue weighted by Crippen LogP contribution is 2.55. The summed E-state index contributed by atoms with van der Waals surface area (Å²) in [6.45, 7) is 11.6. The van der Waals surface area contributed by atoms with E-state index >= 15 is 0 Å². The molecular weight excluding hydrogens is 376 g/mol. The molecular formula is C22H32O7. The summed E-state index contributed by atoms with van der Waals surface area (Å²) in [5, 5.41) is 9.30. The molecule has 2 rings (SSSR count). The number of hydrogen-bond acceptors (Lipinski definition) is 7. The van der Waals surface area contributed by atoms with Crippen molar-refractivity contribution in [2.45, 2.75) is 85.0 Å². The molecule has 0 bridgehead atoms. The Bertz CT molecular complexity index is 763. The minimum atomic E-state index is -1.21. The normalized spacial score (nSPS) is 32.9. The van der Waals surface area contributed by atoms with Crippen LogP contribution >= 0.6 is 0 Å². The second-order valence-electron chi connectivity index (χ2n) is 9.10. The van der Waals surface area contributed by atoms with Gasteiger partial charge in [0.2, 0.25) is 0 Å². The number of esters is 2. The second-order valence-corrected chi connectivity index (χ2v) is 9.10. The first-order valence-electron chi connectivity index (χ1n) is 9.92. The van der Waals surface area contributed by atoms with Gasteiger partial charge in [0, 0.05) is 30.4 Å². The minimum absolute atomic E-state index is 0.117. The van der Waals surface area contributed by atoms with Gasteiger partial charge in [-0.3, -0.25) is 14.8 Å². The number of hydrogen-bond donors (Lipinski definition) is 1. The van der Waals surface area contributed by atoms with Gasteiger partial charge in [-0.05, 0) is 52.9 Å². The summed E-state index contributed by atoms with van der Waals surface area (Å²) in [7, 11) is 0. The van der Waals surface area contributed by atoms with Crippen LogP contribution in [0, 0.1) is 11.3 Å². The summed E-state index contributed by atoms with van der Waals surface area (Å²) in [4.78, 5) is 41.8. The molecule has 1 fully saturated rings. The number of fused-ring (bicyclic) bond motifs is 1. The van der Waals surface area contributed by atoms with Crippen molar-refractivity contribution in [2.75, 3.05) is 0 Å². The molecule has 2 aliphatic carbocycles. The average molecular weight is 408 g/mol. The maximum Gasteiger partial charge on any atom is 0.333 e. The summed E-state index contributed by atoms with van der Waals surface area (Å²) >= 11 is 0. The van der Waals surface area contributed by atoms with E-state index in [-0.39, 0.29) is 12.2 Å². The van der Waals surface area contributed by atoms with Crippen LogP contribution in [0.2, 0.25) is 0 Å². The molecule has 2 aliphatic rings. The number of rotatable bonds is 5. The van der Waals surface area contributed by atoms with Gasteiger partial charge in [-0.2, -0.15) is 0 Å². The first-order chi connectivity index (χ1) is 13.3. The largest absolute Gasteiger partial charge is 0.455 e. The summed E-state index contributed by atoms with van der Waals surface area (Å²) in [5.74, 6) is -1.48. The van der Waals surface area contributed by atoms with Crippen molar-refractivity contribution in [3.63, 3.8) is 0 Å². The Labute approximate surface area is 172 Å². The number of ketones is 1. The molecule has 162 valence electrons. The fourth-order valence-electron chi connectivity index (χ4n) is 4.62. The SMILES string of the molecule is C/C=C(/C)C(=O)O[C@@H]1CC[C@]2(C)CC(=O)C(C(C)(C)OO)=C[C@H]2[C@]1(C)OC(C)=O. The summed E-state index contributed by atoms with van der Waals surface area (Å²) < 4.78 is 11.5. The minimum Gasteiger partial charge on any atom is -0.455 e. The zero-order chi connectivity index (χ0) is 22.2.